The first-order chi connectivity index (χ1) is 8.11. The highest BCUT2D eigenvalue weighted by Crippen LogP contribution is 2.01. The van der Waals surface area contributed by atoms with Crippen LogP contribution < -0.4 is 11.1 Å². The van der Waals surface area contributed by atoms with E-state index in [0.29, 0.717) is 26.2 Å². The zero-order chi connectivity index (χ0) is 12.7. The van der Waals surface area contributed by atoms with E-state index in [9.17, 15) is 9.18 Å². The van der Waals surface area contributed by atoms with E-state index in [-0.39, 0.29) is 11.7 Å². The van der Waals surface area contributed by atoms with Crippen molar-refractivity contribution in [2.24, 2.45) is 5.73 Å². The van der Waals surface area contributed by atoms with Crippen molar-refractivity contribution in [1.29, 1.82) is 0 Å². The average Bonchev–Trinajstić information content (AvgIpc) is 2.28. The van der Waals surface area contributed by atoms with Crippen molar-refractivity contribution in [3.8, 4) is 0 Å². The third kappa shape index (κ3) is 5.42. The van der Waals surface area contributed by atoms with Crippen molar-refractivity contribution in [1.82, 2.24) is 10.2 Å². The van der Waals surface area contributed by atoms with Gasteiger partial charge in [0.25, 0.3) is 0 Å². The molecule has 0 atom stereocenters. The maximum atomic E-state index is 12.6. The van der Waals surface area contributed by atoms with Crippen LogP contribution in [0.15, 0.2) is 24.3 Å². The summed E-state index contributed by atoms with van der Waals surface area (Å²) < 4.78 is 12.6. The Morgan fingerprint density at radius 1 is 1.41 bits per heavy atom. The van der Waals surface area contributed by atoms with Gasteiger partial charge < -0.3 is 11.1 Å². The zero-order valence-corrected chi connectivity index (χ0v) is 9.95. The van der Waals surface area contributed by atoms with E-state index >= 15 is 0 Å². The molecule has 1 aromatic carbocycles. The SMILES string of the molecule is CN(CCN)CC(=O)NCc1ccc(F)cc1. The van der Waals surface area contributed by atoms with Crippen LogP contribution in [0.3, 0.4) is 0 Å². The molecule has 0 spiro atoms. The Hall–Kier alpha value is -1.46. The van der Waals surface area contributed by atoms with Gasteiger partial charge in [0.05, 0.1) is 6.54 Å². The van der Waals surface area contributed by atoms with Crippen molar-refractivity contribution in [3.05, 3.63) is 35.6 Å². The van der Waals surface area contributed by atoms with Gasteiger partial charge in [-0.05, 0) is 24.7 Å². The molecule has 0 aliphatic heterocycles. The van der Waals surface area contributed by atoms with Crippen LogP contribution >= 0.6 is 0 Å². The fourth-order valence-electron chi connectivity index (χ4n) is 1.40. The van der Waals surface area contributed by atoms with Crippen LogP contribution in [0, 0.1) is 5.82 Å². The van der Waals surface area contributed by atoms with E-state index in [4.69, 9.17) is 5.73 Å². The Bertz CT molecular complexity index is 353. The van der Waals surface area contributed by atoms with Gasteiger partial charge in [0.1, 0.15) is 5.82 Å². The molecular weight excluding hydrogens is 221 g/mol. The smallest absolute Gasteiger partial charge is 0.234 e. The first-order valence-corrected chi connectivity index (χ1v) is 5.51. The first-order valence-electron chi connectivity index (χ1n) is 5.51. The van der Waals surface area contributed by atoms with Crippen LogP contribution in [0.2, 0.25) is 0 Å². The molecule has 0 saturated heterocycles. The van der Waals surface area contributed by atoms with Gasteiger partial charge in [-0.25, -0.2) is 4.39 Å². The summed E-state index contributed by atoms with van der Waals surface area (Å²) in [6.45, 7) is 1.94. The van der Waals surface area contributed by atoms with E-state index in [2.05, 4.69) is 5.32 Å². The Labute approximate surface area is 101 Å². The fourth-order valence-corrected chi connectivity index (χ4v) is 1.40. The molecule has 0 aromatic heterocycles. The molecule has 0 aliphatic carbocycles. The lowest BCUT2D eigenvalue weighted by Crippen LogP contribution is -2.37. The number of halogens is 1. The monoisotopic (exact) mass is 239 g/mol. The van der Waals surface area contributed by atoms with Crippen LogP contribution in [0.4, 0.5) is 4.39 Å². The number of hydrogen-bond acceptors (Lipinski definition) is 3. The lowest BCUT2D eigenvalue weighted by Gasteiger charge is -2.14. The molecule has 0 saturated carbocycles. The molecule has 0 heterocycles. The Balaban J connectivity index is 2.30. The summed E-state index contributed by atoms with van der Waals surface area (Å²) in [5, 5.41) is 2.76. The van der Waals surface area contributed by atoms with Crippen LogP contribution in [0.5, 0.6) is 0 Å². The van der Waals surface area contributed by atoms with Crippen LogP contribution in [-0.4, -0.2) is 37.5 Å². The lowest BCUT2D eigenvalue weighted by molar-refractivity contribution is -0.122. The van der Waals surface area contributed by atoms with Crippen molar-refractivity contribution >= 4 is 5.91 Å². The lowest BCUT2D eigenvalue weighted by atomic mass is 10.2. The molecule has 1 aromatic rings. The van der Waals surface area contributed by atoms with Gasteiger partial charge in [0.2, 0.25) is 5.91 Å². The molecule has 1 amide bonds. The van der Waals surface area contributed by atoms with Crippen molar-refractivity contribution < 1.29 is 9.18 Å². The zero-order valence-electron chi connectivity index (χ0n) is 9.95. The second-order valence-electron chi connectivity index (χ2n) is 3.93. The molecular formula is C12H18FN3O. The maximum absolute atomic E-state index is 12.6. The minimum Gasteiger partial charge on any atom is -0.351 e. The molecule has 5 heteroatoms. The normalized spacial score (nSPS) is 10.6. The highest BCUT2D eigenvalue weighted by Gasteiger charge is 2.05. The van der Waals surface area contributed by atoms with E-state index in [1.165, 1.54) is 12.1 Å². The third-order valence-electron chi connectivity index (χ3n) is 2.33. The van der Waals surface area contributed by atoms with Gasteiger partial charge in [-0.1, -0.05) is 12.1 Å². The van der Waals surface area contributed by atoms with Crippen molar-refractivity contribution in [2.45, 2.75) is 6.54 Å². The Morgan fingerprint density at radius 2 is 2.06 bits per heavy atom. The number of benzene rings is 1. The highest BCUT2D eigenvalue weighted by molar-refractivity contribution is 5.77. The van der Waals surface area contributed by atoms with E-state index in [0.717, 1.165) is 5.56 Å². The van der Waals surface area contributed by atoms with Gasteiger partial charge in [-0.3, -0.25) is 9.69 Å². The quantitative estimate of drug-likeness (QED) is 0.752. The summed E-state index contributed by atoms with van der Waals surface area (Å²) in [7, 11) is 1.84. The summed E-state index contributed by atoms with van der Waals surface area (Å²) >= 11 is 0. The summed E-state index contributed by atoms with van der Waals surface area (Å²) in [6, 6.07) is 6.06. The number of likely N-dealkylation sites (N-methyl/N-ethyl adjacent to an activating group) is 1. The number of amides is 1. The Kier molecular flexibility index (Phi) is 5.59. The standard InChI is InChI=1S/C12H18FN3O/c1-16(7-6-14)9-12(17)15-8-10-2-4-11(13)5-3-10/h2-5H,6-9,14H2,1H3,(H,15,17). The van der Waals surface area contributed by atoms with Crippen molar-refractivity contribution in [3.63, 3.8) is 0 Å². The second kappa shape index (κ2) is 6.98. The van der Waals surface area contributed by atoms with E-state index < -0.39 is 0 Å². The first kappa shape index (κ1) is 13.6. The fraction of sp³-hybridized carbons (Fsp3) is 0.417. The number of nitrogens with one attached hydrogen (secondary N) is 1. The molecule has 0 radical (unpaired) electrons. The maximum Gasteiger partial charge on any atom is 0.234 e. The van der Waals surface area contributed by atoms with E-state index in [1.54, 1.807) is 12.1 Å². The van der Waals surface area contributed by atoms with Crippen LogP contribution in [0.25, 0.3) is 0 Å². The third-order valence-corrected chi connectivity index (χ3v) is 2.33. The number of hydrogen-bond donors (Lipinski definition) is 2. The van der Waals surface area contributed by atoms with Crippen LogP contribution in [-0.2, 0) is 11.3 Å². The number of carbonyl (C=O) groups excluding carboxylic acids is 1. The molecule has 0 unspecified atom stereocenters. The molecule has 0 aliphatic rings. The predicted octanol–water partition coefficient (Wildman–Crippen LogP) is 0.332. The van der Waals surface area contributed by atoms with E-state index in [1.807, 2.05) is 11.9 Å². The highest BCUT2D eigenvalue weighted by atomic mass is 19.1. The minimum atomic E-state index is -0.275. The number of rotatable bonds is 6. The molecule has 17 heavy (non-hydrogen) atoms. The molecule has 3 N–H and O–H groups in total. The van der Waals surface area contributed by atoms with Crippen molar-refractivity contribution in [2.75, 3.05) is 26.7 Å². The molecule has 4 nitrogen and oxygen atoms in total. The Morgan fingerprint density at radius 3 is 2.65 bits per heavy atom. The topological polar surface area (TPSA) is 58.4 Å². The number of nitrogens with zero attached hydrogens (tertiary/aromatic N) is 1. The summed E-state index contributed by atoms with van der Waals surface area (Å²) in [5.74, 6) is -0.340. The van der Waals surface area contributed by atoms with Gasteiger partial charge in [-0.2, -0.15) is 0 Å². The van der Waals surface area contributed by atoms with Crippen LogP contribution in [0.1, 0.15) is 5.56 Å². The summed E-state index contributed by atoms with van der Waals surface area (Å²) in [5.41, 5.74) is 6.25. The van der Waals surface area contributed by atoms with Gasteiger partial charge in [-0.15, -0.1) is 0 Å². The largest absolute Gasteiger partial charge is 0.351 e. The second-order valence-corrected chi connectivity index (χ2v) is 3.93. The summed E-state index contributed by atoms with van der Waals surface area (Å²) in [4.78, 5) is 13.3. The van der Waals surface area contributed by atoms with Gasteiger partial charge in [0, 0.05) is 19.6 Å². The molecule has 94 valence electrons. The molecule has 1 rings (SSSR count). The number of nitrogens with two attached hydrogens (primary N) is 1. The molecule has 0 fully saturated rings. The average molecular weight is 239 g/mol. The predicted molar refractivity (Wildman–Crippen MR) is 64.8 cm³/mol. The van der Waals surface area contributed by atoms with Gasteiger partial charge in [0.15, 0.2) is 0 Å². The number of carbonyl (C=O) groups is 1. The van der Waals surface area contributed by atoms with Gasteiger partial charge >= 0.3 is 0 Å². The summed E-state index contributed by atoms with van der Waals surface area (Å²) in [6.07, 6.45) is 0. The molecule has 0 bridgehead atoms. The minimum absolute atomic E-state index is 0.0646.